The van der Waals surface area contributed by atoms with Crippen molar-refractivity contribution in [1.29, 1.82) is 0 Å². The van der Waals surface area contributed by atoms with Crippen molar-refractivity contribution in [2.24, 2.45) is 0 Å². The number of piperazine rings is 1. The zero-order valence-electron chi connectivity index (χ0n) is 20.6. The van der Waals surface area contributed by atoms with E-state index in [1.165, 1.54) is 0 Å². The number of aliphatic carboxylic acids is 1. The molecule has 0 bridgehead atoms. The molecule has 40 heavy (non-hydrogen) atoms. The number of sulfonamides is 1. The number of hydrogen-bond acceptors (Lipinski definition) is 7. The summed E-state index contributed by atoms with van der Waals surface area (Å²) in [5, 5.41) is 11.1. The molecule has 2 aromatic carbocycles. The molecule has 0 aliphatic carbocycles. The van der Waals surface area contributed by atoms with Gasteiger partial charge in [0.05, 0.1) is 25.3 Å². The van der Waals surface area contributed by atoms with Crippen molar-refractivity contribution in [2.75, 3.05) is 32.8 Å². The molecule has 0 saturated carbocycles. The standard InChI is InChI=1S/C24H23F4N3O8S/c25-15-8-16(26)23(28)24(22(15)27)39-12-18(32)17(9-21(35)36)29-19(33)10-30-6-7-31(11-20(30)34)40(37,38)13-14-4-2-1-3-5-14/h1-5,8,17H,6-7,9-13H2,(H,29,33)(H,35,36)/t17-/m0/s1. The Kier molecular flexibility index (Phi) is 9.81. The van der Waals surface area contributed by atoms with E-state index in [0.29, 0.717) is 5.56 Å². The predicted molar refractivity (Wildman–Crippen MR) is 128 cm³/mol. The summed E-state index contributed by atoms with van der Waals surface area (Å²) in [6.45, 7) is -2.76. The van der Waals surface area contributed by atoms with E-state index in [4.69, 9.17) is 5.11 Å². The Labute approximate surface area is 225 Å². The maximum absolute atomic E-state index is 13.8. The molecule has 1 aliphatic heterocycles. The van der Waals surface area contributed by atoms with Crippen LogP contribution in [-0.2, 0) is 35.0 Å². The Bertz CT molecular complexity index is 1380. The first-order valence-electron chi connectivity index (χ1n) is 11.6. The van der Waals surface area contributed by atoms with Gasteiger partial charge in [0.1, 0.15) is 12.6 Å². The van der Waals surface area contributed by atoms with Gasteiger partial charge in [-0.3, -0.25) is 19.2 Å². The molecule has 1 aliphatic rings. The zero-order valence-corrected chi connectivity index (χ0v) is 21.4. The minimum absolute atomic E-state index is 0.0768. The molecular weight excluding hydrogens is 566 g/mol. The highest BCUT2D eigenvalue weighted by Crippen LogP contribution is 2.26. The fraction of sp³-hybridized carbons (Fsp3) is 0.333. The maximum atomic E-state index is 13.8. The van der Waals surface area contributed by atoms with Crippen LogP contribution in [0.2, 0.25) is 0 Å². The Morgan fingerprint density at radius 2 is 1.65 bits per heavy atom. The molecule has 2 aromatic rings. The van der Waals surface area contributed by atoms with Crippen molar-refractivity contribution in [3.05, 3.63) is 65.2 Å². The van der Waals surface area contributed by atoms with Crippen LogP contribution in [0.4, 0.5) is 17.6 Å². The number of Topliss-reactive ketones (excluding diaryl/α,β-unsaturated/α-hetero) is 1. The normalized spacial score (nSPS) is 15.0. The predicted octanol–water partition coefficient (Wildman–Crippen LogP) is 0.825. The van der Waals surface area contributed by atoms with Crippen LogP contribution >= 0.6 is 0 Å². The summed E-state index contributed by atoms with van der Waals surface area (Å²) in [5.74, 6) is -13.8. The Hall–Kier alpha value is -4.05. The molecule has 0 spiro atoms. The molecule has 216 valence electrons. The summed E-state index contributed by atoms with van der Waals surface area (Å²) in [6.07, 6.45) is -0.990. The molecular formula is C24H23F4N3O8S. The van der Waals surface area contributed by atoms with Crippen molar-refractivity contribution >= 4 is 33.6 Å². The number of amides is 2. The van der Waals surface area contributed by atoms with E-state index in [9.17, 15) is 45.2 Å². The van der Waals surface area contributed by atoms with Gasteiger partial charge in [-0.2, -0.15) is 13.1 Å². The molecule has 2 amide bonds. The molecule has 1 saturated heterocycles. The third-order valence-electron chi connectivity index (χ3n) is 5.74. The summed E-state index contributed by atoms with van der Waals surface area (Å²) < 4.78 is 85.1. The van der Waals surface area contributed by atoms with Gasteiger partial charge in [0, 0.05) is 19.2 Å². The Morgan fingerprint density at radius 3 is 2.23 bits per heavy atom. The second kappa shape index (κ2) is 12.9. The number of ketones is 1. The lowest BCUT2D eigenvalue weighted by Crippen LogP contribution is -2.55. The summed E-state index contributed by atoms with van der Waals surface area (Å²) in [6, 6.07) is 6.41. The van der Waals surface area contributed by atoms with E-state index in [0.717, 1.165) is 9.21 Å². The number of carboxylic acid groups (broad SMARTS) is 1. The molecule has 3 rings (SSSR count). The number of hydrogen-bond donors (Lipinski definition) is 2. The fourth-order valence-electron chi connectivity index (χ4n) is 3.72. The first-order chi connectivity index (χ1) is 18.8. The minimum atomic E-state index is -3.84. The zero-order chi connectivity index (χ0) is 29.6. The van der Waals surface area contributed by atoms with E-state index in [-0.39, 0.29) is 24.9 Å². The Balaban J connectivity index is 1.59. The second-order valence-corrected chi connectivity index (χ2v) is 10.6. The molecule has 11 nitrogen and oxygen atoms in total. The van der Waals surface area contributed by atoms with Crippen molar-refractivity contribution in [3.63, 3.8) is 0 Å². The van der Waals surface area contributed by atoms with Gasteiger partial charge in [0.25, 0.3) is 0 Å². The lowest BCUT2D eigenvalue weighted by Gasteiger charge is -2.33. The SMILES string of the molecule is O=C(O)C[C@H](NC(=O)CN1CCN(S(=O)(=O)Cc2ccccc2)CC1=O)C(=O)COc1c(F)c(F)cc(F)c1F. The summed E-state index contributed by atoms with van der Waals surface area (Å²) in [7, 11) is -3.84. The van der Waals surface area contributed by atoms with Gasteiger partial charge >= 0.3 is 5.97 Å². The van der Waals surface area contributed by atoms with Gasteiger partial charge in [-0.1, -0.05) is 30.3 Å². The van der Waals surface area contributed by atoms with Crippen LogP contribution in [0.15, 0.2) is 36.4 Å². The molecule has 16 heteroatoms. The van der Waals surface area contributed by atoms with Gasteiger partial charge < -0.3 is 20.1 Å². The molecule has 1 fully saturated rings. The number of rotatable bonds is 12. The molecule has 0 unspecified atom stereocenters. The first-order valence-corrected chi connectivity index (χ1v) is 13.2. The Morgan fingerprint density at radius 1 is 1.02 bits per heavy atom. The van der Waals surface area contributed by atoms with E-state index in [1.807, 2.05) is 0 Å². The monoisotopic (exact) mass is 589 g/mol. The number of ether oxygens (including phenoxy) is 1. The van der Waals surface area contributed by atoms with E-state index >= 15 is 0 Å². The maximum Gasteiger partial charge on any atom is 0.305 e. The number of benzene rings is 2. The lowest BCUT2D eigenvalue weighted by atomic mass is 10.1. The van der Waals surface area contributed by atoms with Gasteiger partial charge in [-0.05, 0) is 5.56 Å². The van der Waals surface area contributed by atoms with E-state index < -0.39 is 94.8 Å². The van der Waals surface area contributed by atoms with Crippen molar-refractivity contribution in [1.82, 2.24) is 14.5 Å². The molecule has 1 atom stereocenters. The molecule has 2 N–H and O–H groups in total. The van der Waals surface area contributed by atoms with Gasteiger partial charge in [0.15, 0.2) is 23.2 Å². The average molecular weight is 590 g/mol. The van der Waals surface area contributed by atoms with Crippen LogP contribution in [0.5, 0.6) is 5.75 Å². The highest BCUT2D eigenvalue weighted by molar-refractivity contribution is 7.88. The number of carbonyl (C=O) groups is 4. The summed E-state index contributed by atoms with van der Waals surface area (Å²) in [4.78, 5) is 49.7. The number of carboxylic acids is 1. The van der Waals surface area contributed by atoms with Crippen LogP contribution in [0.3, 0.4) is 0 Å². The second-order valence-electron chi connectivity index (χ2n) is 8.66. The van der Waals surface area contributed by atoms with Crippen molar-refractivity contribution in [2.45, 2.75) is 18.2 Å². The quantitative estimate of drug-likeness (QED) is 0.273. The smallest absolute Gasteiger partial charge is 0.305 e. The highest BCUT2D eigenvalue weighted by atomic mass is 32.2. The average Bonchev–Trinajstić information content (AvgIpc) is 2.88. The van der Waals surface area contributed by atoms with Gasteiger partial charge in [-0.15, -0.1) is 0 Å². The summed E-state index contributed by atoms with van der Waals surface area (Å²) >= 11 is 0. The van der Waals surface area contributed by atoms with Gasteiger partial charge in [-0.25, -0.2) is 17.2 Å². The lowest BCUT2D eigenvalue weighted by molar-refractivity contribution is -0.142. The van der Waals surface area contributed by atoms with Crippen molar-refractivity contribution in [3.8, 4) is 5.75 Å². The largest absolute Gasteiger partial charge is 0.481 e. The minimum Gasteiger partial charge on any atom is -0.481 e. The van der Waals surface area contributed by atoms with Crippen LogP contribution < -0.4 is 10.1 Å². The highest BCUT2D eigenvalue weighted by Gasteiger charge is 2.33. The van der Waals surface area contributed by atoms with E-state index in [2.05, 4.69) is 10.1 Å². The van der Waals surface area contributed by atoms with Crippen LogP contribution in [0.1, 0.15) is 12.0 Å². The number of halogens is 4. The van der Waals surface area contributed by atoms with E-state index in [1.54, 1.807) is 30.3 Å². The topological polar surface area (TPSA) is 150 Å². The number of nitrogens with one attached hydrogen (secondary N) is 1. The number of nitrogens with zero attached hydrogens (tertiary/aromatic N) is 2. The van der Waals surface area contributed by atoms with Crippen LogP contribution in [0.25, 0.3) is 0 Å². The number of carbonyl (C=O) groups excluding carboxylic acids is 3. The summed E-state index contributed by atoms with van der Waals surface area (Å²) in [5.41, 5.74) is 0.517. The first kappa shape index (κ1) is 30.5. The van der Waals surface area contributed by atoms with Crippen LogP contribution in [0, 0.1) is 23.3 Å². The third-order valence-corrected chi connectivity index (χ3v) is 7.53. The van der Waals surface area contributed by atoms with Crippen LogP contribution in [-0.4, -0.2) is 85.1 Å². The van der Waals surface area contributed by atoms with Crippen molar-refractivity contribution < 1.29 is 55.0 Å². The fourth-order valence-corrected chi connectivity index (χ4v) is 5.19. The molecule has 1 heterocycles. The molecule has 0 aromatic heterocycles. The molecule has 0 radical (unpaired) electrons. The third kappa shape index (κ3) is 7.75. The van der Waals surface area contributed by atoms with Gasteiger partial charge in [0.2, 0.25) is 33.5 Å².